The van der Waals surface area contributed by atoms with E-state index < -0.39 is 5.54 Å². The van der Waals surface area contributed by atoms with Gasteiger partial charge in [0.25, 0.3) is 11.8 Å². The number of nitrogens with one attached hydrogen (secondary N) is 1. The molecule has 1 aromatic carbocycles. The van der Waals surface area contributed by atoms with Crippen molar-refractivity contribution in [2.75, 3.05) is 11.4 Å². The molecule has 0 saturated heterocycles. The third-order valence-corrected chi connectivity index (χ3v) is 4.21. The molecule has 2 aliphatic rings. The van der Waals surface area contributed by atoms with Crippen molar-refractivity contribution in [2.24, 2.45) is 5.92 Å². The number of nitrogens with zero attached hydrogens (tertiary/aromatic N) is 1. The molecule has 0 radical (unpaired) electrons. The summed E-state index contributed by atoms with van der Waals surface area (Å²) >= 11 is 0. The maximum Gasteiger partial charge on any atom is 0.254 e. The summed E-state index contributed by atoms with van der Waals surface area (Å²) in [6.07, 6.45) is 3.67. The summed E-state index contributed by atoms with van der Waals surface area (Å²) in [6.45, 7) is 5.97. The normalized spacial score (nSPS) is 25.8. The van der Waals surface area contributed by atoms with E-state index in [1.54, 1.807) is 17.0 Å². The highest BCUT2D eigenvalue weighted by Gasteiger charge is 2.51. The summed E-state index contributed by atoms with van der Waals surface area (Å²) in [5, 5.41) is 2.95. The standard InChI is InChI=1S/C16H18N2O2/c1-3-10-18-13-7-5-4-6-12(13)14(19)17-16(2,15(18)20)11-8-9-11/h3-7,11H,1,8-10H2,2H3,(H,17,19). The average molecular weight is 270 g/mol. The first-order valence-electron chi connectivity index (χ1n) is 6.92. The fourth-order valence-corrected chi connectivity index (χ4v) is 2.90. The second-order valence-corrected chi connectivity index (χ2v) is 5.65. The van der Waals surface area contributed by atoms with Crippen LogP contribution >= 0.6 is 0 Å². The van der Waals surface area contributed by atoms with E-state index in [2.05, 4.69) is 11.9 Å². The highest BCUT2D eigenvalue weighted by Crippen LogP contribution is 2.42. The number of anilines is 1. The Morgan fingerprint density at radius 3 is 2.75 bits per heavy atom. The van der Waals surface area contributed by atoms with Gasteiger partial charge in [-0.05, 0) is 37.8 Å². The Labute approximate surface area is 118 Å². The Bertz CT molecular complexity index is 592. The van der Waals surface area contributed by atoms with Crippen LogP contribution in [0.4, 0.5) is 5.69 Å². The number of carbonyl (C=O) groups is 2. The highest BCUT2D eigenvalue weighted by molar-refractivity contribution is 6.13. The van der Waals surface area contributed by atoms with Gasteiger partial charge in [-0.15, -0.1) is 6.58 Å². The Kier molecular flexibility index (Phi) is 2.89. The van der Waals surface area contributed by atoms with Crippen LogP contribution in [0.3, 0.4) is 0 Å². The molecule has 3 rings (SSSR count). The molecular formula is C16H18N2O2. The molecule has 1 unspecified atom stereocenters. The molecule has 1 saturated carbocycles. The van der Waals surface area contributed by atoms with E-state index in [1.807, 2.05) is 25.1 Å². The molecule has 2 amide bonds. The molecule has 0 bridgehead atoms. The van der Waals surface area contributed by atoms with Gasteiger partial charge in [-0.25, -0.2) is 0 Å². The molecular weight excluding hydrogens is 252 g/mol. The van der Waals surface area contributed by atoms with Gasteiger partial charge < -0.3 is 10.2 Å². The van der Waals surface area contributed by atoms with E-state index in [-0.39, 0.29) is 17.7 Å². The molecule has 1 N–H and O–H groups in total. The van der Waals surface area contributed by atoms with Crippen molar-refractivity contribution in [3.05, 3.63) is 42.5 Å². The smallest absolute Gasteiger partial charge is 0.254 e. The zero-order valence-electron chi connectivity index (χ0n) is 11.6. The third-order valence-electron chi connectivity index (χ3n) is 4.21. The van der Waals surface area contributed by atoms with Gasteiger partial charge >= 0.3 is 0 Å². The molecule has 1 aliphatic heterocycles. The van der Waals surface area contributed by atoms with Gasteiger partial charge in [-0.2, -0.15) is 0 Å². The maximum absolute atomic E-state index is 12.9. The Balaban J connectivity index is 2.13. The number of hydrogen-bond donors (Lipinski definition) is 1. The number of para-hydroxylation sites is 1. The minimum atomic E-state index is -0.806. The lowest BCUT2D eigenvalue weighted by Gasteiger charge is -2.32. The molecule has 20 heavy (non-hydrogen) atoms. The lowest BCUT2D eigenvalue weighted by molar-refractivity contribution is -0.124. The van der Waals surface area contributed by atoms with E-state index in [1.165, 1.54) is 0 Å². The molecule has 1 atom stereocenters. The number of amides is 2. The Morgan fingerprint density at radius 2 is 2.10 bits per heavy atom. The number of carbonyl (C=O) groups excluding carboxylic acids is 2. The Morgan fingerprint density at radius 1 is 1.40 bits per heavy atom. The van der Waals surface area contributed by atoms with E-state index in [0.717, 1.165) is 12.8 Å². The van der Waals surface area contributed by atoms with E-state index in [9.17, 15) is 9.59 Å². The maximum atomic E-state index is 12.9. The Hall–Kier alpha value is -2.10. The van der Waals surface area contributed by atoms with Crippen molar-refractivity contribution >= 4 is 17.5 Å². The van der Waals surface area contributed by atoms with Crippen molar-refractivity contribution in [1.29, 1.82) is 0 Å². The second-order valence-electron chi connectivity index (χ2n) is 5.65. The third kappa shape index (κ3) is 1.83. The van der Waals surface area contributed by atoms with Gasteiger partial charge in [0.1, 0.15) is 5.54 Å². The summed E-state index contributed by atoms with van der Waals surface area (Å²) in [5.74, 6) is 0.0219. The van der Waals surface area contributed by atoms with Gasteiger partial charge in [0.15, 0.2) is 0 Å². The van der Waals surface area contributed by atoms with Gasteiger partial charge in [-0.3, -0.25) is 9.59 Å². The van der Waals surface area contributed by atoms with Crippen LogP contribution < -0.4 is 10.2 Å². The topological polar surface area (TPSA) is 49.4 Å². The minimum Gasteiger partial charge on any atom is -0.338 e. The van der Waals surface area contributed by atoms with Crippen molar-refractivity contribution in [3.63, 3.8) is 0 Å². The van der Waals surface area contributed by atoms with Crippen molar-refractivity contribution in [2.45, 2.75) is 25.3 Å². The highest BCUT2D eigenvalue weighted by atomic mass is 16.2. The zero-order chi connectivity index (χ0) is 14.3. The molecule has 0 spiro atoms. The van der Waals surface area contributed by atoms with Gasteiger partial charge in [0.05, 0.1) is 11.3 Å². The SMILES string of the molecule is C=CCN1C(=O)C(C)(C2CC2)NC(=O)c2ccccc21. The number of rotatable bonds is 3. The predicted molar refractivity (Wildman–Crippen MR) is 77.6 cm³/mol. The molecule has 1 fully saturated rings. The van der Waals surface area contributed by atoms with Crippen LogP contribution in [0.15, 0.2) is 36.9 Å². The number of benzene rings is 1. The van der Waals surface area contributed by atoms with Gasteiger partial charge in [0, 0.05) is 6.54 Å². The molecule has 4 heteroatoms. The molecule has 1 aromatic rings. The van der Waals surface area contributed by atoms with Crippen LogP contribution in [-0.2, 0) is 4.79 Å². The fraction of sp³-hybridized carbons (Fsp3) is 0.375. The molecule has 104 valence electrons. The molecule has 1 heterocycles. The number of fused-ring (bicyclic) bond motifs is 1. The van der Waals surface area contributed by atoms with Crippen LogP contribution in [0.5, 0.6) is 0 Å². The van der Waals surface area contributed by atoms with Gasteiger partial charge in [-0.1, -0.05) is 18.2 Å². The molecule has 4 nitrogen and oxygen atoms in total. The largest absolute Gasteiger partial charge is 0.338 e. The fourth-order valence-electron chi connectivity index (χ4n) is 2.90. The van der Waals surface area contributed by atoms with Crippen molar-refractivity contribution < 1.29 is 9.59 Å². The van der Waals surface area contributed by atoms with Crippen LogP contribution in [0.25, 0.3) is 0 Å². The minimum absolute atomic E-state index is 0.0433. The van der Waals surface area contributed by atoms with Gasteiger partial charge in [0.2, 0.25) is 0 Å². The summed E-state index contributed by atoms with van der Waals surface area (Å²) in [7, 11) is 0. The lowest BCUT2D eigenvalue weighted by Crippen LogP contribution is -2.57. The average Bonchev–Trinajstić information content (AvgIpc) is 3.28. The monoisotopic (exact) mass is 270 g/mol. The molecule has 1 aliphatic carbocycles. The van der Waals surface area contributed by atoms with Crippen LogP contribution in [-0.4, -0.2) is 23.9 Å². The van der Waals surface area contributed by atoms with Crippen LogP contribution in [0.2, 0.25) is 0 Å². The van der Waals surface area contributed by atoms with Crippen LogP contribution in [0.1, 0.15) is 30.1 Å². The van der Waals surface area contributed by atoms with Crippen molar-refractivity contribution in [3.8, 4) is 0 Å². The summed E-state index contributed by atoms with van der Waals surface area (Å²) in [6, 6.07) is 7.23. The summed E-state index contributed by atoms with van der Waals surface area (Å²) < 4.78 is 0. The second kappa shape index (κ2) is 4.47. The zero-order valence-corrected chi connectivity index (χ0v) is 11.6. The first-order valence-corrected chi connectivity index (χ1v) is 6.92. The van der Waals surface area contributed by atoms with E-state index in [4.69, 9.17) is 0 Å². The number of hydrogen-bond acceptors (Lipinski definition) is 2. The van der Waals surface area contributed by atoms with E-state index in [0.29, 0.717) is 17.8 Å². The summed E-state index contributed by atoms with van der Waals surface area (Å²) in [5.41, 5.74) is 0.408. The predicted octanol–water partition coefficient (Wildman–Crippen LogP) is 2.12. The first-order chi connectivity index (χ1) is 9.58. The quantitative estimate of drug-likeness (QED) is 0.855. The summed E-state index contributed by atoms with van der Waals surface area (Å²) in [4.78, 5) is 27.0. The molecule has 0 aromatic heterocycles. The van der Waals surface area contributed by atoms with Crippen LogP contribution in [0, 0.1) is 5.92 Å². The van der Waals surface area contributed by atoms with Crippen molar-refractivity contribution in [1.82, 2.24) is 5.32 Å². The van der Waals surface area contributed by atoms with E-state index >= 15 is 0 Å². The first kappa shape index (κ1) is 12.9. The lowest BCUT2D eigenvalue weighted by atomic mass is 9.94.